The molecular formula is C19H18Cl2N4O5S. The van der Waals surface area contributed by atoms with E-state index >= 15 is 0 Å². The van der Waals surface area contributed by atoms with E-state index in [1.165, 1.54) is 19.1 Å². The Bertz CT molecular complexity index is 1390. The zero-order valence-electron chi connectivity index (χ0n) is 16.7. The third kappa shape index (κ3) is 4.52. The summed E-state index contributed by atoms with van der Waals surface area (Å²) in [6.07, 6.45) is 1.39. The molecule has 31 heavy (non-hydrogen) atoms. The van der Waals surface area contributed by atoms with Gasteiger partial charge in [0.05, 0.1) is 20.6 Å². The van der Waals surface area contributed by atoms with Gasteiger partial charge in [0.1, 0.15) is 17.7 Å². The van der Waals surface area contributed by atoms with Gasteiger partial charge in [0.25, 0.3) is 5.56 Å². The van der Waals surface area contributed by atoms with E-state index in [2.05, 4.69) is 10.1 Å². The largest absolute Gasteiger partial charge is 0.454 e. The normalized spacial score (nSPS) is 11.5. The van der Waals surface area contributed by atoms with Crippen LogP contribution in [0.15, 0.2) is 38.9 Å². The molecule has 3 aromatic rings. The third-order valence-electron chi connectivity index (χ3n) is 4.56. The maximum absolute atomic E-state index is 12.0. The molecule has 0 radical (unpaired) electrons. The first-order valence-electron chi connectivity index (χ1n) is 8.95. The van der Waals surface area contributed by atoms with Crippen LogP contribution in [0.3, 0.4) is 0 Å². The number of hydrogen-bond donors (Lipinski definition) is 2. The lowest BCUT2D eigenvalue weighted by molar-refractivity contribution is 0.472. The maximum atomic E-state index is 12.0. The summed E-state index contributed by atoms with van der Waals surface area (Å²) >= 11 is 12.8. The molecule has 0 fully saturated rings. The van der Waals surface area contributed by atoms with Crippen LogP contribution in [0.1, 0.15) is 23.6 Å². The molecule has 0 atom stereocenters. The molecular weight excluding hydrogens is 467 g/mol. The summed E-state index contributed by atoms with van der Waals surface area (Å²) in [6.45, 7) is 5.04. The highest BCUT2D eigenvalue weighted by Crippen LogP contribution is 2.42. The molecule has 0 bridgehead atoms. The van der Waals surface area contributed by atoms with E-state index in [1.807, 2.05) is 6.92 Å². The zero-order valence-corrected chi connectivity index (χ0v) is 19.0. The fourth-order valence-electron chi connectivity index (χ4n) is 3.02. The molecule has 0 aliphatic rings. The van der Waals surface area contributed by atoms with Crippen LogP contribution in [0.4, 0.5) is 0 Å². The summed E-state index contributed by atoms with van der Waals surface area (Å²) in [6, 6.07) is 4.47. The van der Waals surface area contributed by atoms with Crippen LogP contribution in [-0.2, 0) is 16.4 Å². The van der Waals surface area contributed by atoms with Crippen molar-refractivity contribution in [3.05, 3.63) is 72.0 Å². The van der Waals surface area contributed by atoms with Crippen molar-refractivity contribution in [2.45, 2.75) is 32.1 Å². The van der Waals surface area contributed by atoms with Gasteiger partial charge in [-0.05, 0) is 55.2 Å². The van der Waals surface area contributed by atoms with E-state index in [1.54, 1.807) is 13.0 Å². The third-order valence-corrected chi connectivity index (χ3v) is 6.33. The average molecular weight is 485 g/mol. The topological polar surface area (TPSA) is 137 Å². The Morgan fingerprint density at radius 3 is 2.39 bits per heavy atom. The fourth-order valence-corrected chi connectivity index (χ4v) is 4.48. The number of aromatic nitrogens is 3. The average Bonchev–Trinajstić information content (AvgIpc) is 2.66. The van der Waals surface area contributed by atoms with Gasteiger partial charge in [0.15, 0.2) is 0 Å². The molecule has 0 saturated heterocycles. The second kappa shape index (κ2) is 8.46. The van der Waals surface area contributed by atoms with Crippen LogP contribution in [0.5, 0.6) is 11.5 Å². The number of halogens is 2. The molecule has 3 rings (SSSR count). The lowest BCUT2D eigenvalue weighted by Gasteiger charge is -2.18. The van der Waals surface area contributed by atoms with Crippen molar-refractivity contribution in [3.8, 4) is 17.2 Å². The van der Waals surface area contributed by atoms with Gasteiger partial charge in [-0.25, -0.2) is 18.4 Å². The molecule has 0 saturated carbocycles. The number of sulfonamides is 1. The standard InChI is InChI=1S/C19H18Cl2N4O5S/c1-4-11-6-14(31(22,28)29)10(3)16(21)18(11)30-17-9(2)5-12(7-13(17)20)25-19(27)24-15(26)8-23-25/h5-8H,4H2,1-3H3,(H2,22,28,29)(H,24,26,27). The number of aryl methyl sites for hydroxylation is 2. The van der Waals surface area contributed by atoms with Crippen LogP contribution in [0, 0.1) is 13.8 Å². The van der Waals surface area contributed by atoms with Gasteiger partial charge >= 0.3 is 5.69 Å². The van der Waals surface area contributed by atoms with Gasteiger partial charge in [-0.15, -0.1) is 0 Å². The van der Waals surface area contributed by atoms with E-state index in [0.29, 0.717) is 23.2 Å². The molecule has 0 spiro atoms. The van der Waals surface area contributed by atoms with Gasteiger partial charge < -0.3 is 4.74 Å². The van der Waals surface area contributed by atoms with E-state index < -0.39 is 21.3 Å². The summed E-state index contributed by atoms with van der Waals surface area (Å²) < 4.78 is 30.8. The van der Waals surface area contributed by atoms with Gasteiger partial charge in [0, 0.05) is 0 Å². The summed E-state index contributed by atoms with van der Waals surface area (Å²) in [7, 11) is -3.97. The number of nitrogens with two attached hydrogens (primary N) is 1. The van der Waals surface area contributed by atoms with E-state index in [9.17, 15) is 18.0 Å². The minimum atomic E-state index is -3.97. The first-order valence-corrected chi connectivity index (χ1v) is 11.3. The molecule has 3 N–H and O–H groups in total. The number of ether oxygens (including phenoxy) is 1. The number of H-pyrrole nitrogens is 1. The molecule has 0 aliphatic heterocycles. The minimum absolute atomic E-state index is 0.0802. The number of hydrogen-bond acceptors (Lipinski definition) is 6. The Kier molecular flexibility index (Phi) is 6.28. The SMILES string of the molecule is CCc1cc(S(N)(=O)=O)c(C)c(Cl)c1Oc1c(C)cc(-n2ncc(=O)[nH]c2=O)cc1Cl. The fraction of sp³-hybridized carbons (Fsp3) is 0.211. The Labute approximate surface area is 187 Å². The van der Waals surface area contributed by atoms with E-state index in [0.717, 1.165) is 10.9 Å². The molecule has 164 valence electrons. The molecule has 9 nitrogen and oxygen atoms in total. The van der Waals surface area contributed by atoms with Gasteiger partial charge in [0.2, 0.25) is 10.0 Å². The van der Waals surface area contributed by atoms with Crippen LogP contribution < -0.4 is 21.1 Å². The first-order chi connectivity index (χ1) is 14.4. The number of rotatable bonds is 5. The van der Waals surface area contributed by atoms with Crippen molar-refractivity contribution in [1.82, 2.24) is 14.8 Å². The van der Waals surface area contributed by atoms with Crippen molar-refractivity contribution in [2.75, 3.05) is 0 Å². The number of aromatic amines is 1. The molecule has 0 unspecified atom stereocenters. The van der Waals surface area contributed by atoms with Crippen molar-refractivity contribution in [1.29, 1.82) is 0 Å². The second-order valence-electron chi connectivity index (χ2n) is 6.73. The number of nitrogens with one attached hydrogen (secondary N) is 1. The van der Waals surface area contributed by atoms with Crippen molar-refractivity contribution in [2.24, 2.45) is 5.14 Å². The van der Waals surface area contributed by atoms with Crippen molar-refractivity contribution < 1.29 is 13.2 Å². The molecule has 0 amide bonds. The molecule has 12 heteroatoms. The monoisotopic (exact) mass is 484 g/mol. The molecule has 1 aromatic heterocycles. The molecule has 0 aliphatic carbocycles. The van der Waals surface area contributed by atoms with E-state index in [4.69, 9.17) is 33.1 Å². The first kappa shape index (κ1) is 23.0. The maximum Gasteiger partial charge on any atom is 0.349 e. The Balaban J connectivity index is 2.13. The number of primary sulfonamides is 1. The van der Waals surface area contributed by atoms with Gasteiger partial charge in [-0.2, -0.15) is 9.78 Å². The summed E-state index contributed by atoms with van der Waals surface area (Å²) in [5, 5.41) is 9.34. The highest BCUT2D eigenvalue weighted by Gasteiger charge is 2.22. The Hall–Kier alpha value is -2.66. The second-order valence-corrected chi connectivity index (χ2v) is 9.04. The predicted octanol–water partition coefficient (Wildman–Crippen LogP) is 2.85. The Morgan fingerprint density at radius 1 is 1.16 bits per heavy atom. The number of benzene rings is 2. The van der Waals surface area contributed by atoms with Crippen LogP contribution >= 0.6 is 23.2 Å². The highest BCUT2D eigenvalue weighted by atomic mass is 35.5. The lowest BCUT2D eigenvalue weighted by Crippen LogP contribution is -2.30. The lowest BCUT2D eigenvalue weighted by atomic mass is 10.1. The summed E-state index contributed by atoms with van der Waals surface area (Å²) in [4.78, 5) is 25.3. The number of nitrogens with zero attached hydrogens (tertiary/aromatic N) is 2. The summed E-state index contributed by atoms with van der Waals surface area (Å²) in [5.74, 6) is 0.522. The van der Waals surface area contributed by atoms with Crippen molar-refractivity contribution in [3.63, 3.8) is 0 Å². The van der Waals surface area contributed by atoms with Gasteiger partial charge in [-0.1, -0.05) is 30.1 Å². The van der Waals surface area contributed by atoms with Crippen molar-refractivity contribution >= 4 is 33.2 Å². The zero-order chi connectivity index (χ0) is 23.1. The predicted molar refractivity (Wildman–Crippen MR) is 117 cm³/mol. The molecule has 1 heterocycles. The van der Waals surface area contributed by atoms with Crippen LogP contribution in [0.2, 0.25) is 10.0 Å². The smallest absolute Gasteiger partial charge is 0.349 e. The quantitative estimate of drug-likeness (QED) is 0.570. The highest BCUT2D eigenvalue weighted by molar-refractivity contribution is 7.89. The Morgan fingerprint density at radius 2 is 1.84 bits per heavy atom. The molecule has 2 aromatic carbocycles. The van der Waals surface area contributed by atoms with Crippen LogP contribution in [0.25, 0.3) is 5.69 Å². The summed E-state index contributed by atoms with van der Waals surface area (Å²) in [5.41, 5.74) is 0.307. The van der Waals surface area contributed by atoms with Gasteiger partial charge in [-0.3, -0.25) is 9.78 Å². The van der Waals surface area contributed by atoms with E-state index in [-0.39, 0.29) is 32.0 Å². The van der Waals surface area contributed by atoms with Crippen LogP contribution in [-0.4, -0.2) is 23.2 Å². The minimum Gasteiger partial charge on any atom is -0.454 e.